The predicted octanol–water partition coefficient (Wildman–Crippen LogP) is 1.82. The summed E-state index contributed by atoms with van der Waals surface area (Å²) in [6, 6.07) is 10.6. The van der Waals surface area contributed by atoms with Crippen molar-refractivity contribution in [2.75, 3.05) is 7.11 Å². The summed E-state index contributed by atoms with van der Waals surface area (Å²) in [4.78, 5) is 19.4. The average molecular weight is 356 g/mol. The number of nitrogens with zero attached hydrogens (tertiary/aromatic N) is 2. The maximum atomic E-state index is 12.4. The molecule has 6 heteroatoms. The largest absolute Gasteiger partial charge is 0.497 e. The van der Waals surface area contributed by atoms with Gasteiger partial charge in [0, 0.05) is 35.5 Å². The van der Waals surface area contributed by atoms with Crippen molar-refractivity contribution in [3.63, 3.8) is 0 Å². The van der Waals surface area contributed by atoms with E-state index in [4.69, 9.17) is 9.72 Å². The van der Waals surface area contributed by atoms with Gasteiger partial charge in [-0.1, -0.05) is 0 Å². The molecule has 1 atom stereocenters. The Labute approximate surface area is 150 Å². The maximum Gasteiger partial charge on any atom is 0.259 e. The molecule has 130 valence electrons. The number of quaternary nitrogens is 1. The lowest BCUT2D eigenvalue weighted by Crippen LogP contribution is -3.10. The molecule has 5 nitrogen and oxygen atoms in total. The van der Waals surface area contributed by atoms with Crippen molar-refractivity contribution in [1.82, 2.24) is 9.38 Å². The lowest BCUT2D eigenvalue weighted by atomic mass is 10.2. The summed E-state index contributed by atoms with van der Waals surface area (Å²) in [6.07, 6.45) is 2.51. The van der Waals surface area contributed by atoms with Gasteiger partial charge < -0.3 is 9.64 Å². The van der Waals surface area contributed by atoms with Crippen molar-refractivity contribution in [3.05, 3.63) is 63.0 Å². The fourth-order valence-corrected chi connectivity index (χ4v) is 4.16. The summed E-state index contributed by atoms with van der Waals surface area (Å²) in [7, 11) is 1.68. The minimum atomic E-state index is 0.0262. The molecule has 0 radical (unpaired) electrons. The molecule has 0 bridgehead atoms. The molecule has 1 aliphatic carbocycles. The Hall–Kier alpha value is -2.18. The van der Waals surface area contributed by atoms with Crippen LogP contribution in [0, 0.1) is 6.92 Å². The van der Waals surface area contributed by atoms with Crippen LogP contribution in [0.4, 0.5) is 0 Å². The monoisotopic (exact) mass is 356 g/mol. The Kier molecular flexibility index (Phi) is 4.31. The van der Waals surface area contributed by atoms with E-state index in [0.29, 0.717) is 6.04 Å². The van der Waals surface area contributed by atoms with E-state index < -0.39 is 0 Å². The molecular weight excluding hydrogens is 334 g/mol. The molecule has 1 saturated carbocycles. The minimum Gasteiger partial charge on any atom is -0.497 e. The van der Waals surface area contributed by atoms with Crippen molar-refractivity contribution in [2.24, 2.45) is 0 Å². The van der Waals surface area contributed by atoms with Crippen molar-refractivity contribution < 1.29 is 9.64 Å². The molecule has 0 saturated heterocycles. The summed E-state index contributed by atoms with van der Waals surface area (Å²) in [5.41, 5.74) is 3.15. The van der Waals surface area contributed by atoms with Gasteiger partial charge in [-0.25, -0.2) is 4.98 Å². The van der Waals surface area contributed by atoms with Crippen molar-refractivity contribution >= 4 is 16.3 Å². The van der Waals surface area contributed by atoms with E-state index in [2.05, 4.69) is 12.1 Å². The quantitative estimate of drug-likeness (QED) is 0.733. The number of aryl methyl sites for hydroxylation is 1. The van der Waals surface area contributed by atoms with E-state index in [0.717, 1.165) is 35.2 Å². The molecule has 3 aromatic rings. The molecule has 2 heterocycles. The molecule has 0 aliphatic heterocycles. The highest BCUT2D eigenvalue weighted by Crippen LogP contribution is 2.18. The van der Waals surface area contributed by atoms with Crippen LogP contribution in [0.25, 0.3) is 4.96 Å². The van der Waals surface area contributed by atoms with Gasteiger partial charge >= 0.3 is 0 Å². The fraction of sp³-hybridized carbons (Fsp3) is 0.368. The van der Waals surface area contributed by atoms with E-state index in [-0.39, 0.29) is 5.56 Å². The van der Waals surface area contributed by atoms with Crippen LogP contribution in [0.5, 0.6) is 5.75 Å². The van der Waals surface area contributed by atoms with Crippen LogP contribution in [0.2, 0.25) is 0 Å². The summed E-state index contributed by atoms with van der Waals surface area (Å²) in [5.74, 6) is 0.880. The number of hydrogen-bond donors (Lipinski definition) is 1. The average Bonchev–Trinajstić information content (AvgIpc) is 3.39. The Bertz CT molecular complexity index is 941. The Morgan fingerprint density at radius 3 is 2.72 bits per heavy atom. The molecule has 1 aromatic carbocycles. The standard InChI is InChI=1S/C19H21N3O2S/c1-13-12-25-19-20-15(9-18(23)22(13)19)11-21(16-5-6-16)10-14-3-7-17(24-2)8-4-14/h3-4,7-9,12,16H,5-6,10-11H2,1-2H3/p+1. The van der Waals surface area contributed by atoms with Crippen LogP contribution in [0.15, 0.2) is 40.5 Å². The van der Waals surface area contributed by atoms with Gasteiger partial charge in [-0.2, -0.15) is 0 Å². The van der Waals surface area contributed by atoms with Crippen LogP contribution in [-0.2, 0) is 13.1 Å². The second-order valence-corrected chi connectivity index (χ2v) is 7.55. The van der Waals surface area contributed by atoms with Gasteiger partial charge in [-0.15, -0.1) is 11.3 Å². The zero-order valence-corrected chi connectivity index (χ0v) is 15.3. The molecule has 4 rings (SSSR count). The van der Waals surface area contributed by atoms with Crippen LogP contribution in [0.1, 0.15) is 29.8 Å². The smallest absolute Gasteiger partial charge is 0.259 e. The first-order chi connectivity index (χ1) is 12.1. The summed E-state index contributed by atoms with van der Waals surface area (Å²) in [6.45, 7) is 3.68. The van der Waals surface area contributed by atoms with Crippen molar-refractivity contribution in [2.45, 2.75) is 38.9 Å². The highest BCUT2D eigenvalue weighted by molar-refractivity contribution is 7.15. The molecule has 25 heavy (non-hydrogen) atoms. The number of ether oxygens (including phenoxy) is 1. The molecule has 2 aromatic heterocycles. The summed E-state index contributed by atoms with van der Waals surface area (Å²) >= 11 is 1.53. The molecule has 1 aliphatic rings. The van der Waals surface area contributed by atoms with E-state index >= 15 is 0 Å². The lowest BCUT2D eigenvalue weighted by molar-refractivity contribution is -0.938. The number of nitrogens with one attached hydrogen (secondary N) is 1. The third-order valence-corrected chi connectivity index (χ3v) is 5.73. The Morgan fingerprint density at radius 2 is 2.04 bits per heavy atom. The second-order valence-electron chi connectivity index (χ2n) is 6.71. The van der Waals surface area contributed by atoms with Crippen molar-refractivity contribution in [3.8, 4) is 5.75 Å². The first-order valence-corrected chi connectivity index (χ1v) is 9.46. The Balaban J connectivity index is 1.56. The first kappa shape index (κ1) is 16.3. The van der Waals surface area contributed by atoms with Gasteiger partial charge in [-0.3, -0.25) is 9.20 Å². The van der Waals surface area contributed by atoms with E-state index in [1.165, 1.54) is 34.6 Å². The zero-order valence-electron chi connectivity index (χ0n) is 14.5. The highest BCUT2D eigenvalue weighted by Gasteiger charge is 2.33. The topological polar surface area (TPSA) is 48.0 Å². The molecule has 0 spiro atoms. The van der Waals surface area contributed by atoms with Crippen LogP contribution in [-0.4, -0.2) is 22.5 Å². The van der Waals surface area contributed by atoms with Gasteiger partial charge in [0.1, 0.15) is 24.5 Å². The minimum absolute atomic E-state index is 0.0262. The van der Waals surface area contributed by atoms with Gasteiger partial charge in [0.15, 0.2) is 4.96 Å². The van der Waals surface area contributed by atoms with Gasteiger partial charge in [0.2, 0.25) is 0 Å². The SMILES string of the molecule is COc1ccc(C[NH+](Cc2cc(=O)n3c(C)csc3n2)C2CC2)cc1. The Morgan fingerprint density at radius 1 is 1.28 bits per heavy atom. The number of aromatic nitrogens is 2. The van der Waals surface area contributed by atoms with Crippen LogP contribution in [0.3, 0.4) is 0 Å². The second kappa shape index (κ2) is 6.61. The lowest BCUT2D eigenvalue weighted by Gasteiger charge is -2.19. The van der Waals surface area contributed by atoms with Crippen LogP contribution < -0.4 is 15.2 Å². The highest BCUT2D eigenvalue weighted by atomic mass is 32.1. The third-order valence-electron chi connectivity index (χ3n) is 4.78. The number of fused-ring (bicyclic) bond motifs is 1. The van der Waals surface area contributed by atoms with Gasteiger partial charge in [-0.05, 0) is 31.2 Å². The number of hydrogen-bond acceptors (Lipinski definition) is 4. The first-order valence-electron chi connectivity index (χ1n) is 8.58. The summed E-state index contributed by atoms with van der Waals surface area (Å²) in [5, 5.41) is 1.98. The zero-order chi connectivity index (χ0) is 17.4. The fourth-order valence-electron chi connectivity index (χ4n) is 3.27. The number of benzene rings is 1. The summed E-state index contributed by atoms with van der Waals surface area (Å²) < 4.78 is 6.92. The van der Waals surface area contributed by atoms with Gasteiger partial charge in [0.25, 0.3) is 5.56 Å². The molecular formula is C19H22N3O2S+. The molecule has 1 unspecified atom stereocenters. The van der Waals surface area contributed by atoms with E-state index in [1.54, 1.807) is 17.6 Å². The number of thiazole rings is 1. The number of rotatable bonds is 6. The van der Waals surface area contributed by atoms with E-state index in [1.807, 2.05) is 24.4 Å². The van der Waals surface area contributed by atoms with Crippen LogP contribution >= 0.6 is 11.3 Å². The molecule has 1 fully saturated rings. The van der Waals surface area contributed by atoms with Crippen molar-refractivity contribution in [1.29, 1.82) is 0 Å². The van der Waals surface area contributed by atoms with E-state index in [9.17, 15) is 4.79 Å². The molecule has 0 amide bonds. The normalized spacial score (nSPS) is 15.4. The third kappa shape index (κ3) is 3.45. The molecule has 1 N–H and O–H groups in total. The van der Waals surface area contributed by atoms with Gasteiger partial charge in [0.05, 0.1) is 13.2 Å². The maximum absolute atomic E-state index is 12.4. The number of methoxy groups -OCH3 is 1. The predicted molar refractivity (Wildman–Crippen MR) is 98.5 cm³/mol.